The van der Waals surface area contributed by atoms with Crippen molar-refractivity contribution in [3.8, 4) is 5.75 Å². The number of allylic oxidation sites excluding steroid dienone is 1. The third kappa shape index (κ3) is 3.84. The summed E-state index contributed by atoms with van der Waals surface area (Å²) in [5.74, 6) is -0.357. The summed E-state index contributed by atoms with van der Waals surface area (Å²) in [5, 5.41) is 0. The molecule has 0 spiro atoms. The van der Waals surface area contributed by atoms with Crippen LogP contribution in [0.1, 0.15) is 20.7 Å². The van der Waals surface area contributed by atoms with Crippen molar-refractivity contribution in [1.29, 1.82) is 0 Å². The van der Waals surface area contributed by atoms with Crippen LogP contribution in [-0.2, 0) is 4.74 Å². The summed E-state index contributed by atoms with van der Waals surface area (Å²) in [4.78, 5) is 25.3. The van der Waals surface area contributed by atoms with Gasteiger partial charge in [0.1, 0.15) is 11.3 Å². The molecule has 0 heterocycles. The second-order valence-corrected chi connectivity index (χ2v) is 4.05. The maximum atomic E-state index is 11.9. The summed E-state index contributed by atoms with van der Waals surface area (Å²) in [5.41, 5.74) is 0.633. The Hall–Kier alpha value is -2.30. The van der Waals surface area contributed by atoms with Crippen molar-refractivity contribution in [1.82, 2.24) is 4.90 Å². The molecule has 0 saturated heterocycles. The van der Waals surface area contributed by atoms with Crippen molar-refractivity contribution >= 4 is 11.8 Å². The molecule has 0 fully saturated rings. The minimum absolute atomic E-state index is 0.193. The van der Waals surface area contributed by atoms with Gasteiger partial charge in [0.15, 0.2) is 5.78 Å². The van der Waals surface area contributed by atoms with E-state index in [0.717, 1.165) is 0 Å². The zero-order chi connectivity index (χ0) is 14.4. The van der Waals surface area contributed by atoms with E-state index < -0.39 is 5.97 Å². The Labute approximate surface area is 112 Å². The van der Waals surface area contributed by atoms with E-state index in [2.05, 4.69) is 4.74 Å². The van der Waals surface area contributed by atoms with Crippen molar-refractivity contribution in [2.75, 3.05) is 28.3 Å². The highest BCUT2D eigenvalue weighted by molar-refractivity contribution is 6.06. The van der Waals surface area contributed by atoms with Crippen LogP contribution >= 0.6 is 0 Å². The van der Waals surface area contributed by atoms with Crippen molar-refractivity contribution in [3.05, 3.63) is 41.6 Å². The number of ether oxygens (including phenoxy) is 2. The van der Waals surface area contributed by atoms with Gasteiger partial charge in [-0.2, -0.15) is 0 Å². The molecule has 0 bridgehead atoms. The number of carbonyl (C=O) groups excluding carboxylic acids is 2. The smallest absolute Gasteiger partial charge is 0.341 e. The first-order chi connectivity index (χ1) is 8.99. The molecule has 0 saturated carbocycles. The minimum atomic E-state index is -0.539. The highest BCUT2D eigenvalue weighted by atomic mass is 16.5. The molecule has 0 aliphatic heterocycles. The van der Waals surface area contributed by atoms with Gasteiger partial charge >= 0.3 is 5.97 Å². The number of carbonyl (C=O) groups is 2. The maximum absolute atomic E-state index is 11.9. The largest absolute Gasteiger partial charge is 0.496 e. The van der Waals surface area contributed by atoms with Gasteiger partial charge in [-0.05, 0) is 18.2 Å². The quantitative estimate of drug-likeness (QED) is 0.460. The van der Waals surface area contributed by atoms with E-state index in [-0.39, 0.29) is 11.3 Å². The van der Waals surface area contributed by atoms with Crippen molar-refractivity contribution in [2.24, 2.45) is 0 Å². The fourth-order valence-corrected chi connectivity index (χ4v) is 1.44. The first-order valence-electron chi connectivity index (χ1n) is 5.65. The van der Waals surface area contributed by atoms with E-state index in [9.17, 15) is 9.59 Å². The zero-order valence-corrected chi connectivity index (χ0v) is 11.5. The van der Waals surface area contributed by atoms with Crippen LogP contribution in [-0.4, -0.2) is 45.0 Å². The molecule has 1 aromatic carbocycles. The van der Waals surface area contributed by atoms with E-state index in [4.69, 9.17) is 4.74 Å². The molecule has 102 valence electrons. The van der Waals surface area contributed by atoms with Gasteiger partial charge in [-0.3, -0.25) is 4.79 Å². The highest BCUT2D eigenvalue weighted by Gasteiger charge is 2.15. The van der Waals surface area contributed by atoms with Gasteiger partial charge in [0.05, 0.1) is 14.2 Å². The normalized spacial score (nSPS) is 10.3. The summed E-state index contributed by atoms with van der Waals surface area (Å²) in [6, 6.07) is 4.64. The average Bonchev–Trinajstić information content (AvgIpc) is 2.42. The van der Waals surface area contributed by atoms with E-state index in [1.807, 2.05) is 14.1 Å². The lowest BCUT2D eigenvalue weighted by Gasteiger charge is -2.08. The lowest BCUT2D eigenvalue weighted by Crippen LogP contribution is -2.07. The predicted molar refractivity (Wildman–Crippen MR) is 71.5 cm³/mol. The number of ketones is 1. The molecular weight excluding hydrogens is 246 g/mol. The molecule has 19 heavy (non-hydrogen) atoms. The Kier molecular flexibility index (Phi) is 5.11. The van der Waals surface area contributed by atoms with Gasteiger partial charge in [-0.1, -0.05) is 0 Å². The van der Waals surface area contributed by atoms with E-state index in [1.165, 1.54) is 26.4 Å². The highest BCUT2D eigenvalue weighted by Crippen LogP contribution is 2.21. The summed E-state index contributed by atoms with van der Waals surface area (Å²) < 4.78 is 9.72. The van der Waals surface area contributed by atoms with Crippen LogP contribution in [0.4, 0.5) is 0 Å². The van der Waals surface area contributed by atoms with Gasteiger partial charge in [-0.25, -0.2) is 4.79 Å². The molecule has 0 N–H and O–H groups in total. The average molecular weight is 263 g/mol. The van der Waals surface area contributed by atoms with Crippen LogP contribution < -0.4 is 4.74 Å². The molecule has 0 amide bonds. The number of hydrogen-bond donors (Lipinski definition) is 0. The molecule has 1 rings (SSSR count). The van der Waals surface area contributed by atoms with E-state index in [0.29, 0.717) is 11.3 Å². The van der Waals surface area contributed by atoms with Gasteiger partial charge in [0, 0.05) is 31.9 Å². The first kappa shape index (κ1) is 14.8. The third-order valence-electron chi connectivity index (χ3n) is 2.41. The van der Waals surface area contributed by atoms with E-state index in [1.54, 1.807) is 23.2 Å². The molecule has 5 heteroatoms. The number of methoxy groups -OCH3 is 2. The van der Waals surface area contributed by atoms with Gasteiger partial charge in [0.25, 0.3) is 0 Å². The Morgan fingerprint density at radius 3 is 2.42 bits per heavy atom. The number of rotatable bonds is 5. The number of nitrogens with zero attached hydrogens (tertiary/aromatic N) is 1. The summed E-state index contributed by atoms with van der Waals surface area (Å²) in [6.07, 6.45) is 3.08. The number of benzene rings is 1. The van der Waals surface area contributed by atoms with Gasteiger partial charge in [-0.15, -0.1) is 0 Å². The predicted octanol–water partition coefficient (Wildman–Crippen LogP) is 1.74. The lowest BCUT2D eigenvalue weighted by atomic mass is 10.1. The summed E-state index contributed by atoms with van der Waals surface area (Å²) in [7, 11) is 6.37. The standard InChI is InChI=1S/C14H17NO4/c1-15(2)8-7-12(16)10-5-6-13(18-3)11(9-10)14(17)19-4/h5-9H,1-4H3. The SMILES string of the molecule is COC(=O)c1cc(C(=O)C=CN(C)C)ccc1OC. The molecule has 0 unspecified atom stereocenters. The Morgan fingerprint density at radius 1 is 1.21 bits per heavy atom. The maximum Gasteiger partial charge on any atom is 0.341 e. The molecule has 1 aromatic rings. The topological polar surface area (TPSA) is 55.8 Å². The molecule has 0 aliphatic carbocycles. The van der Waals surface area contributed by atoms with Crippen LogP contribution in [0.25, 0.3) is 0 Å². The van der Waals surface area contributed by atoms with Crippen LogP contribution in [0.15, 0.2) is 30.5 Å². The number of hydrogen-bond acceptors (Lipinski definition) is 5. The lowest BCUT2D eigenvalue weighted by molar-refractivity contribution is 0.0597. The second kappa shape index (κ2) is 6.58. The molecule has 5 nitrogen and oxygen atoms in total. The van der Waals surface area contributed by atoms with Crippen LogP contribution in [0.2, 0.25) is 0 Å². The molecule has 0 radical (unpaired) electrons. The molecule has 0 aliphatic rings. The summed E-state index contributed by atoms with van der Waals surface area (Å²) in [6.45, 7) is 0. The van der Waals surface area contributed by atoms with Gasteiger partial charge in [0.2, 0.25) is 0 Å². The van der Waals surface area contributed by atoms with Gasteiger partial charge < -0.3 is 14.4 Å². The third-order valence-corrected chi connectivity index (χ3v) is 2.41. The Morgan fingerprint density at radius 2 is 1.89 bits per heavy atom. The molecule has 0 aromatic heterocycles. The fourth-order valence-electron chi connectivity index (χ4n) is 1.44. The van der Waals surface area contributed by atoms with Crippen molar-refractivity contribution in [2.45, 2.75) is 0 Å². The first-order valence-corrected chi connectivity index (χ1v) is 5.65. The number of esters is 1. The van der Waals surface area contributed by atoms with Crippen molar-refractivity contribution < 1.29 is 19.1 Å². The second-order valence-electron chi connectivity index (χ2n) is 4.05. The Bertz CT molecular complexity index is 506. The van der Waals surface area contributed by atoms with Crippen LogP contribution in [0.3, 0.4) is 0 Å². The molecular formula is C14H17NO4. The zero-order valence-electron chi connectivity index (χ0n) is 11.5. The Balaban J connectivity index is 3.11. The summed E-state index contributed by atoms with van der Waals surface area (Å²) >= 11 is 0. The van der Waals surface area contributed by atoms with E-state index >= 15 is 0 Å². The molecule has 0 atom stereocenters. The van der Waals surface area contributed by atoms with Crippen LogP contribution in [0, 0.1) is 0 Å². The minimum Gasteiger partial charge on any atom is -0.496 e. The van der Waals surface area contributed by atoms with Crippen LogP contribution in [0.5, 0.6) is 5.75 Å². The fraction of sp³-hybridized carbons (Fsp3) is 0.286. The van der Waals surface area contributed by atoms with Crippen molar-refractivity contribution in [3.63, 3.8) is 0 Å². The monoisotopic (exact) mass is 263 g/mol.